The minimum Gasteiger partial charge on any atom is -0.370 e. The summed E-state index contributed by atoms with van der Waals surface area (Å²) in [6.45, 7) is 0.216. The number of hydrogen-bond donors (Lipinski definition) is 1. The summed E-state index contributed by atoms with van der Waals surface area (Å²) >= 11 is 0. The van der Waals surface area contributed by atoms with Gasteiger partial charge in [-0.25, -0.2) is 9.67 Å². The van der Waals surface area contributed by atoms with Crippen molar-refractivity contribution in [2.45, 2.75) is 13.0 Å². The lowest BCUT2D eigenvalue weighted by atomic mass is 10.3. The van der Waals surface area contributed by atoms with E-state index < -0.39 is 5.91 Å². The Morgan fingerprint density at radius 3 is 2.71 bits per heavy atom. The van der Waals surface area contributed by atoms with Crippen LogP contribution in [0.15, 0.2) is 47.7 Å². The van der Waals surface area contributed by atoms with Crippen LogP contribution < -0.4 is 11.3 Å². The summed E-state index contributed by atoms with van der Waals surface area (Å²) in [7, 11) is 0. The van der Waals surface area contributed by atoms with Gasteiger partial charge in [0.2, 0.25) is 5.91 Å². The highest BCUT2D eigenvalue weighted by Crippen LogP contribution is 2.12. The van der Waals surface area contributed by atoms with Crippen LogP contribution in [0.1, 0.15) is 6.42 Å². The predicted molar refractivity (Wildman–Crippen MR) is 76.9 cm³/mol. The first-order valence-corrected chi connectivity index (χ1v) is 6.44. The van der Waals surface area contributed by atoms with Gasteiger partial charge < -0.3 is 5.73 Å². The van der Waals surface area contributed by atoms with Gasteiger partial charge in [0.25, 0.3) is 5.56 Å². The lowest BCUT2D eigenvalue weighted by Gasteiger charge is -2.05. The number of fused-ring (bicyclic) bond motifs is 1. The van der Waals surface area contributed by atoms with E-state index >= 15 is 0 Å². The maximum atomic E-state index is 12.3. The molecular weight excluding hydrogens is 270 g/mol. The van der Waals surface area contributed by atoms with Gasteiger partial charge in [-0.3, -0.25) is 14.2 Å². The third-order valence-corrected chi connectivity index (χ3v) is 3.15. The van der Waals surface area contributed by atoms with Gasteiger partial charge in [-0.15, -0.1) is 0 Å². The van der Waals surface area contributed by atoms with E-state index in [0.717, 1.165) is 5.69 Å². The number of carbonyl (C=O) groups is 1. The molecule has 106 valence electrons. The first-order valence-electron chi connectivity index (χ1n) is 6.44. The van der Waals surface area contributed by atoms with Crippen molar-refractivity contribution in [3.8, 4) is 5.69 Å². The second-order valence-electron chi connectivity index (χ2n) is 4.59. The average molecular weight is 283 g/mol. The molecule has 2 heterocycles. The molecule has 0 aliphatic heterocycles. The summed E-state index contributed by atoms with van der Waals surface area (Å²) in [6.07, 6.45) is 2.99. The molecule has 0 saturated carbocycles. The summed E-state index contributed by atoms with van der Waals surface area (Å²) in [6, 6.07) is 9.44. The fourth-order valence-electron chi connectivity index (χ4n) is 2.10. The Morgan fingerprint density at radius 1 is 1.24 bits per heavy atom. The summed E-state index contributed by atoms with van der Waals surface area (Å²) in [5, 5.41) is 4.62. The quantitative estimate of drug-likeness (QED) is 0.752. The van der Waals surface area contributed by atoms with Crippen LogP contribution in [0.25, 0.3) is 16.7 Å². The molecule has 21 heavy (non-hydrogen) atoms. The van der Waals surface area contributed by atoms with Crippen molar-refractivity contribution < 1.29 is 4.79 Å². The molecule has 0 unspecified atom stereocenters. The van der Waals surface area contributed by atoms with Crippen LogP contribution in [-0.2, 0) is 11.3 Å². The fraction of sp³-hybridized carbons (Fsp3) is 0.143. The second kappa shape index (κ2) is 5.20. The van der Waals surface area contributed by atoms with E-state index in [2.05, 4.69) is 10.1 Å². The van der Waals surface area contributed by atoms with Crippen molar-refractivity contribution in [3.05, 3.63) is 53.2 Å². The van der Waals surface area contributed by atoms with Crippen LogP contribution >= 0.6 is 0 Å². The number of para-hydroxylation sites is 1. The Morgan fingerprint density at radius 2 is 2.00 bits per heavy atom. The zero-order valence-corrected chi connectivity index (χ0v) is 11.1. The zero-order chi connectivity index (χ0) is 14.8. The summed E-state index contributed by atoms with van der Waals surface area (Å²) < 4.78 is 2.97. The number of amides is 1. The molecule has 3 rings (SSSR count). The van der Waals surface area contributed by atoms with Gasteiger partial charge in [0.05, 0.1) is 18.2 Å². The number of primary amides is 1. The Labute approximate surface area is 119 Å². The molecule has 0 spiro atoms. The lowest BCUT2D eigenvalue weighted by Crippen LogP contribution is -2.23. The van der Waals surface area contributed by atoms with Crippen molar-refractivity contribution in [2.24, 2.45) is 5.73 Å². The van der Waals surface area contributed by atoms with Crippen LogP contribution in [0.3, 0.4) is 0 Å². The Hall–Kier alpha value is -2.96. The van der Waals surface area contributed by atoms with Gasteiger partial charge in [0, 0.05) is 13.0 Å². The summed E-state index contributed by atoms with van der Waals surface area (Å²) in [5.41, 5.74) is 6.17. The van der Waals surface area contributed by atoms with E-state index in [0.29, 0.717) is 11.0 Å². The van der Waals surface area contributed by atoms with Gasteiger partial charge in [0.15, 0.2) is 5.65 Å². The minimum absolute atomic E-state index is 0.0971. The van der Waals surface area contributed by atoms with Gasteiger partial charge in [-0.05, 0) is 12.1 Å². The molecule has 0 bridgehead atoms. The molecule has 3 aromatic rings. The standard InChI is InChI=1S/C14H13N5O2/c15-12(20)6-7-18-9-16-13-11(14(18)21)8-17-19(13)10-4-2-1-3-5-10/h1-5,8-9H,6-7H2,(H2,15,20). The van der Waals surface area contributed by atoms with Crippen LogP contribution in [0.5, 0.6) is 0 Å². The maximum absolute atomic E-state index is 12.3. The molecule has 1 amide bonds. The Balaban J connectivity index is 2.07. The van der Waals surface area contributed by atoms with Gasteiger partial charge in [-0.1, -0.05) is 18.2 Å². The Kier molecular flexibility index (Phi) is 3.23. The zero-order valence-electron chi connectivity index (χ0n) is 11.1. The monoisotopic (exact) mass is 283 g/mol. The molecular formula is C14H13N5O2. The van der Waals surface area contributed by atoms with Crippen LogP contribution in [0, 0.1) is 0 Å². The van der Waals surface area contributed by atoms with Gasteiger partial charge in [-0.2, -0.15) is 5.10 Å². The molecule has 2 N–H and O–H groups in total. The molecule has 7 nitrogen and oxygen atoms in total. The lowest BCUT2D eigenvalue weighted by molar-refractivity contribution is -0.118. The maximum Gasteiger partial charge on any atom is 0.264 e. The number of hydrogen-bond acceptors (Lipinski definition) is 4. The van der Waals surface area contributed by atoms with E-state index in [1.54, 1.807) is 4.68 Å². The van der Waals surface area contributed by atoms with E-state index in [4.69, 9.17) is 5.73 Å². The number of aromatic nitrogens is 4. The van der Waals surface area contributed by atoms with Crippen molar-refractivity contribution in [3.63, 3.8) is 0 Å². The van der Waals surface area contributed by atoms with E-state index in [9.17, 15) is 9.59 Å². The average Bonchev–Trinajstić information content (AvgIpc) is 2.92. The smallest absolute Gasteiger partial charge is 0.264 e. The molecule has 0 radical (unpaired) electrons. The third kappa shape index (κ3) is 2.40. The molecule has 1 aromatic carbocycles. The molecule has 0 aliphatic rings. The third-order valence-electron chi connectivity index (χ3n) is 3.15. The van der Waals surface area contributed by atoms with E-state index in [1.807, 2.05) is 30.3 Å². The van der Waals surface area contributed by atoms with Crippen LogP contribution in [0.2, 0.25) is 0 Å². The summed E-state index contributed by atoms with van der Waals surface area (Å²) in [4.78, 5) is 27.4. The molecule has 0 atom stereocenters. The molecule has 0 aliphatic carbocycles. The fourth-order valence-corrected chi connectivity index (χ4v) is 2.10. The predicted octanol–water partition coefficient (Wildman–Crippen LogP) is 0.458. The molecule has 7 heteroatoms. The number of nitrogens with zero attached hydrogens (tertiary/aromatic N) is 4. The molecule has 0 fully saturated rings. The van der Waals surface area contributed by atoms with Crippen LogP contribution in [0.4, 0.5) is 0 Å². The Bertz CT molecular complexity index is 851. The molecule has 2 aromatic heterocycles. The van der Waals surface area contributed by atoms with E-state index in [-0.39, 0.29) is 18.5 Å². The first kappa shape index (κ1) is 13.0. The van der Waals surface area contributed by atoms with Crippen molar-refractivity contribution in [2.75, 3.05) is 0 Å². The van der Waals surface area contributed by atoms with Crippen molar-refractivity contribution in [1.82, 2.24) is 19.3 Å². The first-order chi connectivity index (χ1) is 10.2. The molecule has 0 saturated heterocycles. The van der Waals surface area contributed by atoms with Crippen molar-refractivity contribution in [1.29, 1.82) is 0 Å². The second-order valence-corrected chi connectivity index (χ2v) is 4.59. The van der Waals surface area contributed by atoms with Gasteiger partial charge >= 0.3 is 0 Å². The number of nitrogens with two attached hydrogens (primary N) is 1. The van der Waals surface area contributed by atoms with E-state index in [1.165, 1.54) is 17.1 Å². The number of benzene rings is 1. The topological polar surface area (TPSA) is 95.8 Å². The number of rotatable bonds is 4. The normalized spacial score (nSPS) is 10.9. The number of carbonyl (C=O) groups excluding carboxylic acids is 1. The summed E-state index contributed by atoms with van der Waals surface area (Å²) in [5.74, 6) is -0.457. The van der Waals surface area contributed by atoms with Gasteiger partial charge in [0.1, 0.15) is 5.39 Å². The highest BCUT2D eigenvalue weighted by atomic mass is 16.1. The number of aryl methyl sites for hydroxylation is 1. The SMILES string of the molecule is NC(=O)CCn1cnc2c(cnn2-c2ccccc2)c1=O. The highest BCUT2D eigenvalue weighted by Gasteiger charge is 2.11. The van der Waals surface area contributed by atoms with Crippen molar-refractivity contribution >= 4 is 16.9 Å². The largest absolute Gasteiger partial charge is 0.370 e. The minimum atomic E-state index is -0.457. The highest BCUT2D eigenvalue weighted by molar-refractivity contribution is 5.75. The van der Waals surface area contributed by atoms with Crippen LogP contribution in [-0.4, -0.2) is 25.2 Å².